The quantitative estimate of drug-likeness (QED) is 0.704. The van der Waals surface area contributed by atoms with E-state index >= 15 is 0 Å². The van der Waals surface area contributed by atoms with Gasteiger partial charge in [-0.2, -0.15) is 0 Å². The van der Waals surface area contributed by atoms with Gasteiger partial charge in [0.2, 0.25) is 11.3 Å². The Kier molecular flexibility index (Phi) is 7.59. The monoisotopic (exact) mass is 376 g/mol. The molecule has 7 heteroatoms. The molecule has 6 nitrogen and oxygen atoms in total. The minimum absolute atomic E-state index is 0.103. The number of carbonyl (C=O) groups is 1. The standard InChI is InChI=1S/C19H24N2O4S/c1-3-9-25-18-11-20-16(10-17(18)22)12-26(24)13-19(23)21-15-7-5-14(4-2)6-8-15/h5-8,10-11H,3-4,9,12-13H2,1-2H3,(H,20,22)(H,21,23). The first-order valence-electron chi connectivity index (χ1n) is 8.60. The summed E-state index contributed by atoms with van der Waals surface area (Å²) in [5.41, 5.74) is 2.11. The van der Waals surface area contributed by atoms with Crippen LogP contribution >= 0.6 is 0 Å². The Bertz CT molecular complexity index is 815. The summed E-state index contributed by atoms with van der Waals surface area (Å²) in [6.45, 7) is 4.48. The number of amides is 1. The highest BCUT2D eigenvalue weighted by Crippen LogP contribution is 2.10. The minimum Gasteiger partial charge on any atom is -0.488 e. The zero-order valence-corrected chi connectivity index (χ0v) is 15.9. The summed E-state index contributed by atoms with van der Waals surface area (Å²) >= 11 is 0. The Morgan fingerprint density at radius 2 is 1.96 bits per heavy atom. The van der Waals surface area contributed by atoms with Crippen molar-refractivity contribution in [2.24, 2.45) is 0 Å². The highest BCUT2D eigenvalue weighted by molar-refractivity contribution is 7.84. The minimum atomic E-state index is -1.42. The van der Waals surface area contributed by atoms with E-state index in [2.05, 4.69) is 17.2 Å². The highest BCUT2D eigenvalue weighted by atomic mass is 32.2. The Labute approximate surface area is 155 Å². The zero-order chi connectivity index (χ0) is 18.9. The molecule has 140 valence electrons. The van der Waals surface area contributed by atoms with E-state index in [1.54, 1.807) is 0 Å². The molecule has 0 bridgehead atoms. The lowest BCUT2D eigenvalue weighted by Gasteiger charge is -2.07. The normalized spacial score (nSPS) is 11.8. The fraction of sp³-hybridized carbons (Fsp3) is 0.368. The Morgan fingerprint density at radius 3 is 2.58 bits per heavy atom. The highest BCUT2D eigenvalue weighted by Gasteiger charge is 2.11. The number of aromatic nitrogens is 1. The van der Waals surface area contributed by atoms with E-state index in [9.17, 15) is 13.8 Å². The molecule has 1 heterocycles. The van der Waals surface area contributed by atoms with Crippen LogP contribution in [0.1, 0.15) is 31.5 Å². The maximum Gasteiger partial charge on any atom is 0.237 e. The molecule has 0 aliphatic rings. The summed E-state index contributed by atoms with van der Waals surface area (Å²) in [6, 6.07) is 8.90. The summed E-state index contributed by atoms with van der Waals surface area (Å²) in [5.74, 6) is -0.107. The van der Waals surface area contributed by atoms with Gasteiger partial charge in [-0.3, -0.25) is 13.8 Å². The van der Waals surface area contributed by atoms with Gasteiger partial charge in [0.1, 0.15) is 5.75 Å². The van der Waals surface area contributed by atoms with Crippen molar-refractivity contribution in [3.05, 3.63) is 58.0 Å². The van der Waals surface area contributed by atoms with Gasteiger partial charge < -0.3 is 15.0 Å². The van der Waals surface area contributed by atoms with Crippen LogP contribution in [0.3, 0.4) is 0 Å². The van der Waals surface area contributed by atoms with Gasteiger partial charge in [0.25, 0.3) is 0 Å². The summed E-state index contributed by atoms with van der Waals surface area (Å²) in [6.07, 6.45) is 3.21. The van der Waals surface area contributed by atoms with Crippen molar-refractivity contribution in [3.63, 3.8) is 0 Å². The van der Waals surface area contributed by atoms with Crippen molar-refractivity contribution in [1.82, 2.24) is 4.98 Å². The third-order valence-electron chi connectivity index (χ3n) is 3.65. The van der Waals surface area contributed by atoms with Crippen LogP contribution in [0.2, 0.25) is 0 Å². The lowest BCUT2D eigenvalue weighted by Crippen LogP contribution is -2.21. The molecule has 0 radical (unpaired) electrons. The predicted octanol–water partition coefficient (Wildman–Crippen LogP) is 2.61. The molecule has 0 spiro atoms. The van der Waals surface area contributed by atoms with Crippen molar-refractivity contribution in [3.8, 4) is 5.75 Å². The van der Waals surface area contributed by atoms with E-state index in [1.807, 2.05) is 31.2 Å². The van der Waals surface area contributed by atoms with Gasteiger partial charge in [-0.05, 0) is 30.5 Å². The molecule has 26 heavy (non-hydrogen) atoms. The van der Waals surface area contributed by atoms with Gasteiger partial charge in [0.05, 0.1) is 12.4 Å². The van der Waals surface area contributed by atoms with E-state index in [-0.39, 0.29) is 28.6 Å². The number of carbonyl (C=O) groups excluding carboxylic acids is 1. The second kappa shape index (κ2) is 9.91. The number of pyridine rings is 1. The SMILES string of the molecule is CCCOc1c[nH]c(CS(=O)CC(=O)Nc2ccc(CC)cc2)cc1=O. The predicted molar refractivity (Wildman–Crippen MR) is 104 cm³/mol. The first-order chi connectivity index (χ1) is 12.5. The third-order valence-corrected chi connectivity index (χ3v) is 4.87. The molecule has 1 aromatic carbocycles. The van der Waals surface area contributed by atoms with Crippen molar-refractivity contribution in [1.29, 1.82) is 0 Å². The number of aryl methyl sites for hydroxylation is 1. The number of ether oxygens (including phenoxy) is 1. The summed E-state index contributed by atoms with van der Waals surface area (Å²) in [7, 11) is -1.42. The average molecular weight is 376 g/mol. The number of anilines is 1. The van der Waals surface area contributed by atoms with Crippen molar-refractivity contribution < 1.29 is 13.7 Å². The van der Waals surface area contributed by atoms with E-state index in [4.69, 9.17) is 4.74 Å². The smallest absolute Gasteiger partial charge is 0.237 e. The Morgan fingerprint density at radius 1 is 1.23 bits per heavy atom. The second-order valence-electron chi connectivity index (χ2n) is 5.86. The van der Waals surface area contributed by atoms with Crippen LogP contribution in [0.15, 0.2) is 41.3 Å². The topological polar surface area (TPSA) is 88.3 Å². The van der Waals surface area contributed by atoms with E-state index in [0.29, 0.717) is 18.0 Å². The first-order valence-corrected chi connectivity index (χ1v) is 10.1. The lowest BCUT2D eigenvalue weighted by atomic mass is 10.1. The molecule has 0 fully saturated rings. The largest absolute Gasteiger partial charge is 0.488 e. The molecule has 1 atom stereocenters. The number of nitrogens with one attached hydrogen (secondary N) is 2. The van der Waals surface area contributed by atoms with Crippen LogP contribution in [0, 0.1) is 0 Å². The zero-order valence-electron chi connectivity index (χ0n) is 15.0. The van der Waals surface area contributed by atoms with Crippen LogP contribution in [-0.2, 0) is 27.8 Å². The molecule has 2 aromatic rings. The average Bonchev–Trinajstić information content (AvgIpc) is 2.61. The second-order valence-corrected chi connectivity index (χ2v) is 7.32. The summed E-state index contributed by atoms with van der Waals surface area (Å²) in [4.78, 5) is 26.8. The molecular weight excluding hydrogens is 352 g/mol. The van der Waals surface area contributed by atoms with E-state index in [0.717, 1.165) is 12.8 Å². The summed E-state index contributed by atoms with van der Waals surface area (Å²) < 4.78 is 17.5. The van der Waals surface area contributed by atoms with Gasteiger partial charge in [0.15, 0.2) is 5.75 Å². The van der Waals surface area contributed by atoms with Gasteiger partial charge >= 0.3 is 0 Å². The molecule has 2 N–H and O–H groups in total. The number of H-pyrrole nitrogens is 1. The van der Waals surface area contributed by atoms with Crippen LogP contribution in [0.25, 0.3) is 0 Å². The van der Waals surface area contributed by atoms with Crippen LogP contribution in [0.5, 0.6) is 5.75 Å². The lowest BCUT2D eigenvalue weighted by molar-refractivity contribution is -0.113. The molecule has 2 rings (SSSR count). The van der Waals surface area contributed by atoms with Crippen molar-refractivity contribution in [2.75, 3.05) is 17.7 Å². The van der Waals surface area contributed by atoms with E-state index < -0.39 is 10.8 Å². The Hall–Kier alpha value is -2.41. The fourth-order valence-electron chi connectivity index (χ4n) is 2.30. The van der Waals surface area contributed by atoms with Crippen molar-refractivity contribution in [2.45, 2.75) is 32.4 Å². The first kappa shape index (κ1) is 19.9. The fourth-order valence-corrected chi connectivity index (χ4v) is 3.28. The maximum absolute atomic E-state index is 12.2. The van der Waals surface area contributed by atoms with Gasteiger partial charge in [0, 0.05) is 34.4 Å². The van der Waals surface area contributed by atoms with E-state index in [1.165, 1.54) is 17.8 Å². The Balaban J connectivity index is 1.88. The molecule has 1 aromatic heterocycles. The number of aromatic amines is 1. The molecule has 1 unspecified atom stereocenters. The number of rotatable bonds is 9. The molecule has 0 saturated carbocycles. The van der Waals surface area contributed by atoms with Gasteiger partial charge in [-0.25, -0.2) is 0 Å². The van der Waals surface area contributed by atoms with Crippen LogP contribution in [-0.4, -0.2) is 27.5 Å². The molecule has 1 amide bonds. The van der Waals surface area contributed by atoms with Crippen LogP contribution < -0.4 is 15.5 Å². The molecular formula is C19H24N2O4S. The maximum atomic E-state index is 12.2. The number of hydrogen-bond donors (Lipinski definition) is 2. The van der Waals surface area contributed by atoms with Crippen LogP contribution in [0.4, 0.5) is 5.69 Å². The number of hydrogen-bond acceptors (Lipinski definition) is 4. The molecule has 0 saturated heterocycles. The summed E-state index contributed by atoms with van der Waals surface area (Å²) in [5, 5.41) is 2.73. The third kappa shape index (κ3) is 6.15. The van der Waals surface area contributed by atoms with Gasteiger partial charge in [-0.15, -0.1) is 0 Å². The van der Waals surface area contributed by atoms with Crippen molar-refractivity contribution >= 4 is 22.4 Å². The molecule has 0 aliphatic carbocycles. The molecule has 0 aliphatic heterocycles. The van der Waals surface area contributed by atoms with Gasteiger partial charge in [-0.1, -0.05) is 26.0 Å². The number of benzene rings is 1.